The predicted molar refractivity (Wildman–Crippen MR) is 122 cm³/mol. The van der Waals surface area contributed by atoms with Gasteiger partial charge < -0.3 is 9.80 Å². The van der Waals surface area contributed by atoms with Crippen molar-refractivity contribution in [2.75, 3.05) is 13.1 Å². The number of hydrogen-bond donors (Lipinski definition) is 1. The second-order valence-electron chi connectivity index (χ2n) is 8.66. The molecule has 8 nitrogen and oxygen atoms in total. The molecule has 1 saturated heterocycles. The Morgan fingerprint density at radius 2 is 1.88 bits per heavy atom. The number of fused-ring (bicyclic) bond motifs is 1. The van der Waals surface area contributed by atoms with Crippen LogP contribution in [-0.4, -0.2) is 52.6 Å². The van der Waals surface area contributed by atoms with Crippen LogP contribution in [0.15, 0.2) is 48.5 Å². The number of nitrogens with zero attached hydrogens (tertiary/aromatic N) is 3. The van der Waals surface area contributed by atoms with Gasteiger partial charge in [-0.15, -0.1) is 0 Å². The van der Waals surface area contributed by atoms with Crippen LogP contribution in [-0.2, 0) is 16.1 Å². The fraction of sp³-hybridized carbons (Fsp3) is 0.269. The largest absolute Gasteiger partial charge is 0.335 e. The number of amides is 4. The summed E-state index contributed by atoms with van der Waals surface area (Å²) in [5.41, 5.74) is 4.26. The van der Waals surface area contributed by atoms with Crippen molar-refractivity contribution in [2.45, 2.75) is 31.8 Å². The van der Waals surface area contributed by atoms with Gasteiger partial charge in [-0.2, -0.15) is 5.26 Å². The van der Waals surface area contributed by atoms with Crippen LogP contribution in [0.5, 0.6) is 0 Å². The Morgan fingerprint density at radius 3 is 2.62 bits per heavy atom. The molecule has 3 heterocycles. The van der Waals surface area contributed by atoms with Gasteiger partial charge >= 0.3 is 0 Å². The molecule has 0 saturated carbocycles. The van der Waals surface area contributed by atoms with E-state index in [1.165, 1.54) is 4.90 Å². The van der Waals surface area contributed by atoms with E-state index < -0.39 is 11.9 Å². The number of nitrogens with one attached hydrogen (secondary N) is 1. The monoisotopic (exact) mass is 454 g/mol. The maximum atomic E-state index is 13.2. The molecule has 170 valence electrons. The molecule has 2 aromatic carbocycles. The molecule has 0 spiro atoms. The highest BCUT2D eigenvalue weighted by atomic mass is 16.2. The first kappa shape index (κ1) is 21.6. The summed E-state index contributed by atoms with van der Waals surface area (Å²) < 4.78 is 0. The van der Waals surface area contributed by atoms with E-state index in [9.17, 15) is 24.4 Å². The minimum atomic E-state index is -0.682. The Balaban J connectivity index is 1.31. The summed E-state index contributed by atoms with van der Waals surface area (Å²) in [6, 6.07) is 14.0. The summed E-state index contributed by atoms with van der Waals surface area (Å²) in [7, 11) is 0. The van der Waals surface area contributed by atoms with Gasteiger partial charge in [-0.25, -0.2) is 0 Å². The fourth-order valence-electron chi connectivity index (χ4n) is 4.85. The molecule has 0 aliphatic carbocycles. The van der Waals surface area contributed by atoms with E-state index in [-0.39, 0.29) is 30.7 Å². The molecule has 5 rings (SSSR count). The number of piperidine rings is 1. The van der Waals surface area contributed by atoms with Gasteiger partial charge in [0.2, 0.25) is 11.8 Å². The van der Waals surface area contributed by atoms with Crippen LogP contribution in [0, 0.1) is 11.3 Å². The molecule has 1 atom stereocenters. The minimum absolute atomic E-state index is 0.126. The predicted octanol–water partition coefficient (Wildman–Crippen LogP) is 2.25. The zero-order valence-electron chi connectivity index (χ0n) is 18.4. The number of nitriles is 1. The van der Waals surface area contributed by atoms with Gasteiger partial charge in [-0.1, -0.05) is 24.3 Å². The third kappa shape index (κ3) is 3.75. The lowest BCUT2D eigenvalue weighted by molar-refractivity contribution is -0.136. The molecule has 3 aliphatic heterocycles. The molecule has 2 aromatic rings. The van der Waals surface area contributed by atoms with E-state index in [0.29, 0.717) is 48.2 Å². The van der Waals surface area contributed by atoms with Gasteiger partial charge in [0.05, 0.1) is 11.6 Å². The fourth-order valence-corrected chi connectivity index (χ4v) is 4.85. The molecule has 3 aliphatic rings. The van der Waals surface area contributed by atoms with Crippen molar-refractivity contribution in [1.82, 2.24) is 15.1 Å². The third-order valence-corrected chi connectivity index (χ3v) is 6.66. The summed E-state index contributed by atoms with van der Waals surface area (Å²) >= 11 is 0. The molecule has 1 unspecified atom stereocenters. The molecule has 1 fully saturated rings. The van der Waals surface area contributed by atoms with Gasteiger partial charge in [0.15, 0.2) is 0 Å². The standard InChI is InChI=1S/C26H22N4O4/c27-14-18-3-1-2-4-20(18)16-9-11-29(12-10-16)25(33)17-5-6-21-19(13-17)15-30(26(21)34)22-7-8-23(31)28-24(22)32/h1-6,9,13,22H,7-8,10-12,15H2,(H,28,31,32). The van der Waals surface area contributed by atoms with E-state index in [1.54, 1.807) is 29.2 Å². The Labute approximate surface area is 196 Å². The lowest BCUT2D eigenvalue weighted by Gasteiger charge is -2.29. The molecule has 0 aromatic heterocycles. The van der Waals surface area contributed by atoms with E-state index in [1.807, 2.05) is 24.3 Å². The van der Waals surface area contributed by atoms with Gasteiger partial charge in [0.25, 0.3) is 11.8 Å². The topological polar surface area (TPSA) is 111 Å². The van der Waals surface area contributed by atoms with Crippen LogP contribution >= 0.6 is 0 Å². The van der Waals surface area contributed by atoms with Crippen molar-refractivity contribution in [2.24, 2.45) is 0 Å². The first-order valence-corrected chi connectivity index (χ1v) is 11.2. The van der Waals surface area contributed by atoms with E-state index in [2.05, 4.69) is 11.4 Å². The summed E-state index contributed by atoms with van der Waals surface area (Å²) in [6.07, 6.45) is 3.13. The van der Waals surface area contributed by atoms with Crippen molar-refractivity contribution < 1.29 is 19.2 Å². The zero-order valence-corrected chi connectivity index (χ0v) is 18.4. The van der Waals surface area contributed by atoms with Crippen LogP contribution in [0.4, 0.5) is 0 Å². The highest BCUT2D eigenvalue weighted by Gasteiger charge is 2.39. The van der Waals surface area contributed by atoms with Gasteiger partial charge in [0, 0.05) is 37.2 Å². The Hall–Kier alpha value is -4.25. The first-order valence-electron chi connectivity index (χ1n) is 11.2. The highest BCUT2D eigenvalue weighted by molar-refractivity contribution is 6.06. The minimum Gasteiger partial charge on any atom is -0.335 e. The SMILES string of the molecule is N#Cc1ccccc1C1=CCN(C(=O)c2ccc3c(c2)CN(C2CCC(=O)NC2=O)C3=O)CC1. The zero-order chi connectivity index (χ0) is 23.8. The van der Waals surface area contributed by atoms with Crippen LogP contribution in [0.3, 0.4) is 0 Å². The van der Waals surface area contributed by atoms with Crippen molar-refractivity contribution in [3.63, 3.8) is 0 Å². The second-order valence-corrected chi connectivity index (χ2v) is 8.66. The number of carbonyl (C=O) groups excluding carboxylic acids is 4. The maximum absolute atomic E-state index is 13.2. The molecule has 0 radical (unpaired) electrons. The molecular formula is C26H22N4O4. The van der Waals surface area contributed by atoms with E-state index in [0.717, 1.165) is 11.1 Å². The van der Waals surface area contributed by atoms with Gasteiger partial charge in [-0.3, -0.25) is 24.5 Å². The van der Waals surface area contributed by atoms with Crippen LogP contribution in [0.25, 0.3) is 5.57 Å². The average molecular weight is 454 g/mol. The van der Waals surface area contributed by atoms with Crippen molar-refractivity contribution in [3.05, 3.63) is 76.4 Å². The second kappa shape index (κ2) is 8.60. The average Bonchev–Trinajstić information content (AvgIpc) is 3.19. The smallest absolute Gasteiger partial charge is 0.255 e. The van der Waals surface area contributed by atoms with Crippen molar-refractivity contribution in [3.8, 4) is 6.07 Å². The number of carbonyl (C=O) groups is 4. The van der Waals surface area contributed by atoms with Crippen LogP contribution < -0.4 is 5.32 Å². The lowest BCUT2D eigenvalue weighted by Crippen LogP contribution is -2.52. The number of hydrogen-bond acceptors (Lipinski definition) is 5. The van der Waals surface area contributed by atoms with Gasteiger partial charge in [-0.05, 0) is 53.8 Å². The molecule has 8 heteroatoms. The Morgan fingerprint density at radius 1 is 1.06 bits per heavy atom. The van der Waals surface area contributed by atoms with Crippen molar-refractivity contribution >= 4 is 29.2 Å². The maximum Gasteiger partial charge on any atom is 0.255 e. The number of benzene rings is 2. The normalized spacial score (nSPS) is 19.9. The van der Waals surface area contributed by atoms with Crippen molar-refractivity contribution in [1.29, 1.82) is 5.26 Å². The van der Waals surface area contributed by atoms with E-state index >= 15 is 0 Å². The lowest BCUT2D eigenvalue weighted by atomic mass is 9.95. The first-order chi connectivity index (χ1) is 16.5. The Kier molecular flexibility index (Phi) is 5.46. The molecule has 0 bridgehead atoms. The molecule has 4 amide bonds. The van der Waals surface area contributed by atoms with E-state index in [4.69, 9.17) is 0 Å². The number of rotatable bonds is 3. The highest BCUT2D eigenvalue weighted by Crippen LogP contribution is 2.30. The number of imide groups is 1. The summed E-state index contributed by atoms with van der Waals surface area (Å²) in [6.45, 7) is 1.20. The van der Waals surface area contributed by atoms with Crippen LogP contribution in [0.2, 0.25) is 0 Å². The molecular weight excluding hydrogens is 432 g/mol. The molecule has 1 N–H and O–H groups in total. The summed E-state index contributed by atoms with van der Waals surface area (Å²) in [5.74, 6) is -1.17. The quantitative estimate of drug-likeness (QED) is 0.716. The summed E-state index contributed by atoms with van der Waals surface area (Å²) in [4.78, 5) is 52.9. The van der Waals surface area contributed by atoms with Gasteiger partial charge in [0.1, 0.15) is 6.04 Å². The summed E-state index contributed by atoms with van der Waals surface area (Å²) in [5, 5.41) is 11.6. The third-order valence-electron chi connectivity index (χ3n) is 6.66. The molecule has 34 heavy (non-hydrogen) atoms. The Bertz CT molecular complexity index is 1310. The van der Waals surface area contributed by atoms with Crippen LogP contribution in [0.1, 0.15) is 56.7 Å².